The van der Waals surface area contributed by atoms with Gasteiger partial charge in [0, 0.05) is 36.4 Å². The van der Waals surface area contributed by atoms with Gasteiger partial charge in [0.2, 0.25) is 11.8 Å². The van der Waals surface area contributed by atoms with Crippen molar-refractivity contribution in [2.75, 3.05) is 13.1 Å². The van der Waals surface area contributed by atoms with E-state index in [2.05, 4.69) is 35.9 Å². The van der Waals surface area contributed by atoms with E-state index >= 15 is 0 Å². The third-order valence-corrected chi connectivity index (χ3v) is 6.14. The average Bonchev–Trinajstić information content (AvgIpc) is 3.41. The smallest absolute Gasteiger partial charge is 0.243 e. The summed E-state index contributed by atoms with van der Waals surface area (Å²) >= 11 is 0. The van der Waals surface area contributed by atoms with Crippen molar-refractivity contribution in [2.24, 2.45) is 5.92 Å². The summed E-state index contributed by atoms with van der Waals surface area (Å²) in [5.74, 6) is 0.251. The highest BCUT2D eigenvalue weighted by Gasteiger charge is 2.40. The number of nitrogens with zero attached hydrogens (tertiary/aromatic N) is 3. The van der Waals surface area contributed by atoms with Crippen LogP contribution in [0.15, 0.2) is 42.6 Å². The Morgan fingerprint density at radius 2 is 1.79 bits per heavy atom. The van der Waals surface area contributed by atoms with Crippen molar-refractivity contribution < 1.29 is 9.59 Å². The number of aryl methyl sites for hydroxylation is 1. The molecule has 0 saturated heterocycles. The summed E-state index contributed by atoms with van der Waals surface area (Å²) in [6.07, 6.45) is 3.98. The van der Waals surface area contributed by atoms with E-state index < -0.39 is 0 Å². The Hall–Kier alpha value is -2.56. The van der Waals surface area contributed by atoms with Gasteiger partial charge < -0.3 is 14.4 Å². The molecule has 0 bridgehead atoms. The van der Waals surface area contributed by atoms with Crippen LogP contribution in [0.5, 0.6) is 0 Å². The van der Waals surface area contributed by atoms with Crippen LogP contribution in [-0.2, 0) is 16.1 Å². The molecule has 5 heteroatoms. The molecule has 1 aromatic heterocycles. The first-order chi connectivity index (χ1) is 13.8. The fourth-order valence-electron chi connectivity index (χ4n) is 4.30. The Morgan fingerprint density at radius 3 is 2.45 bits per heavy atom. The van der Waals surface area contributed by atoms with E-state index in [-0.39, 0.29) is 35.9 Å². The Bertz CT molecular complexity index is 920. The molecule has 0 spiro atoms. The minimum absolute atomic E-state index is 0.0228. The number of amides is 2. The predicted octanol–water partition coefficient (Wildman–Crippen LogP) is 3.77. The number of carbonyl (C=O) groups is 2. The maximum absolute atomic E-state index is 13.6. The van der Waals surface area contributed by atoms with Crippen molar-refractivity contribution in [2.45, 2.75) is 58.7 Å². The number of aromatic nitrogens is 1. The molecule has 1 saturated carbocycles. The van der Waals surface area contributed by atoms with Gasteiger partial charge in [-0.1, -0.05) is 24.3 Å². The SMILES string of the molecule is Cc1ccccc1C1c2cccn2CCN1C(=O)CN(C(=O)C1CC1)C(C)(C)C. The zero-order chi connectivity index (χ0) is 20.8. The molecule has 1 atom stereocenters. The third kappa shape index (κ3) is 3.83. The van der Waals surface area contributed by atoms with E-state index in [9.17, 15) is 9.59 Å². The highest BCUT2D eigenvalue weighted by Crippen LogP contribution is 2.36. The molecule has 29 heavy (non-hydrogen) atoms. The molecule has 0 N–H and O–H groups in total. The van der Waals surface area contributed by atoms with Crippen LogP contribution in [0.25, 0.3) is 0 Å². The van der Waals surface area contributed by atoms with E-state index in [0.717, 1.165) is 30.6 Å². The Morgan fingerprint density at radius 1 is 1.07 bits per heavy atom. The highest BCUT2D eigenvalue weighted by molar-refractivity contribution is 5.88. The van der Waals surface area contributed by atoms with Crippen LogP contribution in [0, 0.1) is 12.8 Å². The summed E-state index contributed by atoms with van der Waals surface area (Å²) in [7, 11) is 0. The van der Waals surface area contributed by atoms with Crippen molar-refractivity contribution in [3.05, 3.63) is 59.4 Å². The standard InChI is InChI=1S/C24H31N3O2/c1-17-8-5-6-9-19(17)22-20-10-7-13-25(20)14-15-26(22)21(28)16-27(24(2,3)4)23(29)18-11-12-18/h5-10,13,18,22H,11-12,14-16H2,1-4H3. The lowest BCUT2D eigenvalue weighted by Gasteiger charge is -2.41. The Kier molecular flexibility index (Phi) is 5.01. The summed E-state index contributed by atoms with van der Waals surface area (Å²) in [4.78, 5) is 30.2. The summed E-state index contributed by atoms with van der Waals surface area (Å²) < 4.78 is 2.23. The van der Waals surface area contributed by atoms with E-state index in [4.69, 9.17) is 0 Å². The van der Waals surface area contributed by atoms with Crippen LogP contribution in [0.4, 0.5) is 0 Å². The van der Waals surface area contributed by atoms with Crippen molar-refractivity contribution in [1.82, 2.24) is 14.4 Å². The lowest BCUT2D eigenvalue weighted by Crippen LogP contribution is -2.53. The molecule has 5 nitrogen and oxygen atoms in total. The Balaban J connectivity index is 1.66. The van der Waals surface area contributed by atoms with Gasteiger partial charge in [-0.05, 0) is 63.8 Å². The molecule has 4 rings (SSSR count). The van der Waals surface area contributed by atoms with E-state index in [1.807, 2.05) is 43.9 Å². The molecule has 1 unspecified atom stereocenters. The predicted molar refractivity (Wildman–Crippen MR) is 113 cm³/mol. The van der Waals surface area contributed by atoms with Gasteiger partial charge in [-0.2, -0.15) is 0 Å². The van der Waals surface area contributed by atoms with E-state index in [1.165, 1.54) is 5.56 Å². The summed E-state index contributed by atoms with van der Waals surface area (Å²) in [5.41, 5.74) is 3.08. The molecule has 1 aliphatic heterocycles. The zero-order valence-corrected chi connectivity index (χ0v) is 17.9. The minimum Gasteiger partial charge on any atom is -0.348 e. The molecular formula is C24H31N3O2. The van der Waals surface area contributed by atoms with Gasteiger partial charge in [0.25, 0.3) is 0 Å². The first-order valence-electron chi connectivity index (χ1n) is 10.6. The van der Waals surface area contributed by atoms with Crippen molar-refractivity contribution in [3.8, 4) is 0 Å². The van der Waals surface area contributed by atoms with Crippen molar-refractivity contribution >= 4 is 11.8 Å². The molecule has 2 aromatic rings. The lowest BCUT2D eigenvalue weighted by atomic mass is 9.95. The first-order valence-corrected chi connectivity index (χ1v) is 10.6. The van der Waals surface area contributed by atoms with Gasteiger partial charge >= 0.3 is 0 Å². The molecule has 0 radical (unpaired) electrons. The van der Waals surface area contributed by atoms with Gasteiger partial charge in [-0.3, -0.25) is 9.59 Å². The number of hydrogen-bond acceptors (Lipinski definition) is 2. The molecule has 1 aromatic carbocycles. The number of carbonyl (C=O) groups excluding carboxylic acids is 2. The molecule has 2 heterocycles. The monoisotopic (exact) mass is 393 g/mol. The molecule has 1 fully saturated rings. The highest BCUT2D eigenvalue weighted by atomic mass is 16.2. The first kappa shape index (κ1) is 19.7. The molecule has 154 valence electrons. The van der Waals surface area contributed by atoms with Crippen LogP contribution in [0.1, 0.15) is 56.5 Å². The number of hydrogen-bond donors (Lipinski definition) is 0. The summed E-state index contributed by atoms with van der Waals surface area (Å²) in [6.45, 7) is 9.71. The van der Waals surface area contributed by atoms with Crippen LogP contribution in [0.3, 0.4) is 0 Å². The van der Waals surface area contributed by atoms with Crippen molar-refractivity contribution in [1.29, 1.82) is 0 Å². The fraction of sp³-hybridized carbons (Fsp3) is 0.500. The average molecular weight is 394 g/mol. The second-order valence-electron chi connectivity index (χ2n) is 9.34. The van der Waals surface area contributed by atoms with Crippen LogP contribution < -0.4 is 0 Å². The number of benzene rings is 1. The Labute approximate surface area is 173 Å². The summed E-state index contributed by atoms with van der Waals surface area (Å²) in [6, 6.07) is 12.3. The van der Waals surface area contributed by atoms with Gasteiger partial charge in [0.15, 0.2) is 0 Å². The van der Waals surface area contributed by atoms with Gasteiger partial charge in [-0.25, -0.2) is 0 Å². The molecular weight excluding hydrogens is 362 g/mol. The maximum Gasteiger partial charge on any atom is 0.243 e. The zero-order valence-electron chi connectivity index (χ0n) is 17.9. The largest absolute Gasteiger partial charge is 0.348 e. The number of rotatable bonds is 4. The van der Waals surface area contributed by atoms with Crippen molar-refractivity contribution in [3.63, 3.8) is 0 Å². The quantitative estimate of drug-likeness (QED) is 0.794. The minimum atomic E-state index is -0.372. The third-order valence-electron chi connectivity index (χ3n) is 6.14. The molecule has 2 amide bonds. The van der Waals surface area contributed by atoms with Crippen LogP contribution in [0.2, 0.25) is 0 Å². The summed E-state index contributed by atoms with van der Waals surface area (Å²) in [5, 5.41) is 0. The van der Waals surface area contributed by atoms with E-state index in [1.54, 1.807) is 4.90 Å². The fourth-order valence-corrected chi connectivity index (χ4v) is 4.30. The normalized spacial score (nSPS) is 19.0. The van der Waals surface area contributed by atoms with Crippen LogP contribution in [-0.4, -0.2) is 44.8 Å². The lowest BCUT2D eigenvalue weighted by molar-refractivity contribution is -0.147. The maximum atomic E-state index is 13.6. The van der Waals surface area contributed by atoms with E-state index in [0.29, 0.717) is 6.54 Å². The number of fused-ring (bicyclic) bond motifs is 1. The topological polar surface area (TPSA) is 45.6 Å². The van der Waals surface area contributed by atoms with Gasteiger partial charge in [0.1, 0.15) is 6.54 Å². The van der Waals surface area contributed by atoms with Gasteiger partial charge in [-0.15, -0.1) is 0 Å². The second-order valence-corrected chi connectivity index (χ2v) is 9.34. The van der Waals surface area contributed by atoms with Crippen LogP contribution >= 0.6 is 0 Å². The molecule has 1 aliphatic carbocycles. The second kappa shape index (κ2) is 7.36. The van der Waals surface area contributed by atoms with Gasteiger partial charge in [0.05, 0.1) is 6.04 Å². The molecule has 2 aliphatic rings.